The molecule has 0 amide bonds. The van der Waals surface area contributed by atoms with E-state index in [1.165, 1.54) is 19.3 Å². The van der Waals surface area contributed by atoms with Gasteiger partial charge in [0.2, 0.25) is 0 Å². The third-order valence-electron chi connectivity index (χ3n) is 1.61. The van der Waals surface area contributed by atoms with Crippen LogP contribution >= 0.6 is 0 Å². The van der Waals surface area contributed by atoms with Crippen LogP contribution in [0, 0.1) is 0 Å². The first kappa shape index (κ1) is 9.88. The van der Waals surface area contributed by atoms with Gasteiger partial charge >= 0.3 is 0 Å². The van der Waals surface area contributed by atoms with Gasteiger partial charge in [0.25, 0.3) is 0 Å². The van der Waals surface area contributed by atoms with E-state index in [1.54, 1.807) is 0 Å². The van der Waals surface area contributed by atoms with Crippen LogP contribution in [0.3, 0.4) is 0 Å². The monoisotopic (exact) mass is 147 g/mol. The summed E-state index contributed by atoms with van der Waals surface area (Å²) in [6.07, 6.45) is 4.23. The van der Waals surface area contributed by atoms with Crippen LogP contribution in [-0.2, 0) is 0 Å². The molecule has 1 fully saturated rings. The number of rotatable bonds is 2. The Hall–Kier alpha value is -0.120. The van der Waals surface area contributed by atoms with Crippen LogP contribution in [0.2, 0.25) is 0 Å². The highest BCUT2D eigenvalue weighted by Gasteiger charge is 2.13. The first-order valence-electron chi connectivity index (χ1n) is 3.74. The standard InChI is InChI=1S/C5H11N.C2H6O2/c1-6-5-3-2-4-5;3-1-2-4/h5-6H,2-4H2,1H3;3-4H,1-2H2. The molecule has 3 heteroatoms. The fourth-order valence-corrected chi connectivity index (χ4v) is 0.697. The smallest absolute Gasteiger partial charge is 0.0662 e. The number of hydrogen-bond acceptors (Lipinski definition) is 3. The maximum Gasteiger partial charge on any atom is 0.0662 e. The quantitative estimate of drug-likeness (QED) is 0.504. The van der Waals surface area contributed by atoms with Crippen LogP contribution in [0.15, 0.2) is 0 Å². The van der Waals surface area contributed by atoms with E-state index in [0.29, 0.717) is 0 Å². The maximum atomic E-state index is 7.62. The van der Waals surface area contributed by atoms with Crippen molar-refractivity contribution in [3.05, 3.63) is 0 Å². The summed E-state index contributed by atoms with van der Waals surface area (Å²) in [6.45, 7) is -0.250. The Morgan fingerprint density at radius 1 is 1.30 bits per heavy atom. The zero-order valence-electron chi connectivity index (χ0n) is 6.51. The number of aliphatic hydroxyl groups is 2. The molecule has 1 aliphatic rings. The number of hydrogen-bond donors (Lipinski definition) is 3. The predicted molar refractivity (Wildman–Crippen MR) is 40.9 cm³/mol. The fourth-order valence-electron chi connectivity index (χ4n) is 0.697. The zero-order valence-corrected chi connectivity index (χ0v) is 6.51. The Balaban J connectivity index is 0.000000180. The minimum Gasteiger partial charge on any atom is -0.394 e. The summed E-state index contributed by atoms with van der Waals surface area (Å²) in [6, 6.07) is 0.866. The molecule has 0 aromatic rings. The van der Waals surface area contributed by atoms with Crippen molar-refractivity contribution in [2.45, 2.75) is 25.3 Å². The Kier molecular flexibility index (Phi) is 6.91. The summed E-state index contributed by atoms with van der Waals surface area (Å²) in [5, 5.41) is 18.5. The molecular formula is C7H17NO2. The average Bonchev–Trinajstić information content (AvgIpc) is 1.87. The van der Waals surface area contributed by atoms with Crippen molar-refractivity contribution in [1.82, 2.24) is 5.32 Å². The van der Waals surface area contributed by atoms with Gasteiger partial charge in [0.1, 0.15) is 0 Å². The fraction of sp³-hybridized carbons (Fsp3) is 1.00. The molecular weight excluding hydrogens is 130 g/mol. The molecule has 1 aliphatic carbocycles. The summed E-state index contributed by atoms with van der Waals surface area (Å²) >= 11 is 0. The van der Waals surface area contributed by atoms with Gasteiger partial charge in [-0.15, -0.1) is 0 Å². The van der Waals surface area contributed by atoms with Gasteiger partial charge in [-0.3, -0.25) is 0 Å². The van der Waals surface area contributed by atoms with Crippen LogP contribution < -0.4 is 5.32 Å². The first-order chi connectivity index (χ1) is 4.85. The van der Waals surface area contributed by atoms with E-state index in [-0.39, 0.29) is 13.2 Å². The lowest BCUT2D eigenvalue weighted by molar-refractivity contribution is 0.186. The van der Waals surface area contributed by atoms with Crippen molar-refractivity contribution < 1.29 is 10.2 Å². The summed E-state index contributed by atoms with van der Waals surface area (Å²) in [5.41, 5.74) is 0. The second-order valence-corrected chi connectivity index (χ2v) is 2.36. The maximum absolute atomic E-state index is 7.62. The highest BCUT2D eigenvalue weighted by Crippen LogP contribution is 2.16. The second-order valence-electron chi connectivity index (χ2n) is 2.36. The number of nitrogens with one attached hydrogen (secondary N) is 1. The van der Waals surface area contributed by atoms with Gasteiger partial charge in [0, 0.05) is 6.04 Å². The van der Waals surface area contributed by atoms with Crippen molar-refractivity contribution in [3.8, 4) is 0 Å². The van der Waals surface area contributed by atoms with Gasteiger partial charge in [-0.05, 0) is 19.9 Å². The molecule has 0 bridgehead atoms. The molecule has 0 heterocycles. The van der Waals surface area contributed by atoms with Crippen LogP contribution in [0.5, 0.6) is 0 Å². The molecule has 0 aromatic carbocycles. The molecule has 1 saturated carbocycles. The summed E-state index contributed by atoms with van der Waals surface area (Å²) in [4.78, 5) is 0. The highest BCUT2D eigenvalue weighted by molar-refractivity contribution is 4.73. The van der Waals surface area contributed by atoms with Crippen molar-refractivity contribution in [3.63, 3.8) is 0 Å². The van der Waals surface area contributed by atoms with E-state index in [2.05, 4.69) is 5.32 Å². The topological polar surface area (TPSA) is 52.5 Å². The molecule has 0 atom stereocenters. The van der Waals surface area contributed by atoms with Gasteiger partial charge < -0.3 is 15.5 Å². The summed E-state index contributed by atoms with van der Waals surface area (Å²) < 4.78 is 0. The van der Waals surface area contributed by atoms with Gasteiger partial charge in [0.05, 0.1) is 13.2 Å². The average molecular weight is 147 g/mol. The normalized spacial score (nSPS) is 17.1. The molecule has 0 aromatic heterocycles. The lowest BCUT2D eigenvalue weighted by Crippen LogP contribution is -2.31. The van der Waals surface area contributed by atoms with Crippen molar-refractivity contribution in [2.75, 3.05) is 20.3 Å². The van der Waals surface area contributed by atoms with E-state index in [9.17, 15) is 0 Å². The van der Waals surface area contributed by atoms with Crippen molar-refractivity contribution in [1.29, 1.82) is 0 Å². The van der Waals surface area contributed by atoms with Crippen LogP contribution in [0.25, 0.3) is 0 Å². The highest BCUT2D eigenvalue weighted by atomic mass is 16.3. The largest absolute Gasteiger partial charge is 0.394 e. The van der Waals surface area contributed by atoms with Crippen molar-refractivity contribution >= 4 is 0 Å². The second kappa shape index (κ2) is 6.99. The minimum absolute atomic E-state index is 0.125. The Labute approximate surface area is 62.1 Å². The molecule has 3 N–H and O–H groups in total. The van der Waals surface area contributed by atoms with Crippen LogP contribution in [0.4, 0.5) is 0 Å². The van der Waals surface area contributed by atoms with Crippen LogP contribution in [-0.4, -0.2) is 36.5 Å². The lowest BCUT2D eigenvalue weighted by Gasteiger charge is -2.23. The Morgan fingerprint density at radius 3 is 1.80 bits per heavy atom. The van der Waals surface area contributed by atoms with E-state index >= 15 is 0 Å². The molecule has 10 heavy (non-hydrogen) atoms. The molecule has 0 radical (unpaired) electrons. The van der Waals surface area contributed by atoms with Gasteiger partial charge in [-0.1, -0.05) is 6.42 Å². The molecule has 0 spiro atoms. The summed E-state index contributed by atoms with van der Waals surface area (Å²) in [5.74, 6) is 0. The molecule has 0 aliphatic heterocycles. The Morgan fingerprint density at radius 2 is 1.80 bits per heavy atom. The Bertz CT molecular complexity index is 59.9. The van der Waals surface area contributed by atoms with Crippen LogP contribution in [0.1, 0.15) is 19.3 Å². The van der Waals surface area contributed by atoms with E-state index in [0.717, 1.165) is 6.04 Å². The van der Waals surface area contributed by atoms with E-state index in [4.69, 9.17) is 10.2 Å². The zero-order chi connectivity index (χ0) is 7.82. The third-order valence-corrected chi connectivity index (χ3v) is 1.61. The molecule has 62 valence electrons. The lowest BCUT2D eigenvalue weighted by atomic mass is 9.94. The molecule has 1 rings (SSSR count). The van der Waals surface area contributed by atoms with Crippen molar-refractivity contribution in [2.24, 2.45) is 0 Å². The van der Waals surface area contributed by atoms with E-state index in [1.807, 2.05) is 7.05 Å². The summed E-state index contributed by atoms with van der Waals surface area (Å²) in [7, 11) is 2.03. The minimum atomic E-state index is -0.125. The van der Waals surface area contributed by atoms with E-state index < -0.39 is 0 Å². The molecule has 3 nitrogen and oxygen atoms in total. The molecule has 0 saturated heterocycles. The predicted octanol–water partition coefficient (Wildman–Crippen LogP) is -0.271. The third kappa shape index (κ3) is 4.73. The molecule has 0 unspecified atom stereocenters. The van der Waals surface area contributed by atoms with Gasteiger partial charge in [0.15, 0.2) is 0 Å². The van der Waals surface area contributed by atoms with Gasteiger partial charge in [-0.25, -0.2) is 0 Å². The van der Waals surface area contributed by atoms with Gasteiger partial charge in [-0.2, -0.15) is 0 Å². The first-order valence-corrected chi connectivity index (χ1v) is 3.74. The SMILES string of the molecule is CNC1CCC1.OCCO. The number of aliphatic hydroxyl groups excluding tert-OH is 2.